The van der Waals surface area contributed by atoms with Crippen LogP contribution in [0.3, 0.4) is 0 Å². The molecule has 58 heavy (non-hydrogen) atoms. The Labute approximate surface area is 336 Å². The number of hydrogen-bond acceptors (Lipinski definition) is 6. The maximum atomic E-state index is 5.33. The Kier molecular flexibility index (Phi) is 8.01. The Morgan fingerprint density at radius 1 is 0.379 bits per heavy atom. The van der Waals surface area contributed by atoms with E-state index in [2.05, 4.69) is 117 Å². The molecular weight excluding hydrogens is 727 g/mol. The van der Waals surface area contributed by atoms with E-state index >= 15 is 0 Å². The average molecular weight is 760 g/mol. The molecule has 0 saturated heterocycles. The zero-order chi connectivity index (χ0) is 38.5. The second-order valence-electron chi connectivity index (χ2n) is 14.4. The standard InChI is InChI=1S/C50H33N7Si/c1-3-13-35(14-4-1)47-54-48(36-15-5-2-6-16-36)56-49(55-47)43-31-40(27-28-41(43)38-18-12-30-52-33-38)58(39-25-23-34(24-26-39)37-17-11-29-51-32-37)46-22-10-7-19-42(46)50-53-44-20-8-9-21-45(44)57(50)58/h1-33H. The summed E-state index contributed by atoms with van der Waals surface area (Å²) >= 11 is 0. The minimum atomic E-state index is -3.15. The number of pyridine rings is 2. The van der Waals surface area contributed by atoms with Crippen molar-refractivity contribution in [3.05, 3.63) is 201 Å². The van der Waals surface area contributed by atoms with Crippen LogP contribution in [0.25, 0.3) is 78.8 Å². The molecule has 1 aliphatic rings. The molecule has 0 bridgehead atoms. The molecule has 272 valence electrons. The van der Waals surface area contributed by atoms with Crippen molar-refractivity contribution in [3.63, 3.8) is 0 Å². The Bertz CT molecular complexity index is 3040. The van der Waals surface area contributed by atoms with Gasteiger partial charge in [0.25, 0.3) is 8.24 Å². The molecule has 0 fully saturated rings. The van der Waals surface area contributed by atoms with Crippen LogP contribution in [-0.2, 0) is 0 Å². The van der Waals surface area contributed by atoms with Crippen molar-refractivity contribution >= 4 is 34.8 Å². The first kappa shape index (κ1) is 33.6. The minimum Gasteiger partial charge on any atom is -0.339 e. The van der Waals surface area contributed by atoms with Gasteiger partial charge in [-0.3, -0.25) is 9.97 Å². The Morgan fingerprint density at radius 2 is 0.966 bits per heavy atom. The van der Waals surface area contributed by atoms with E-state index in [1.807, 2.05) is 91.4 Å². The van der Waals surface area contributed by atoms with Crippen LogP contribution >= 0.6 is 0 Å². The lowest BCUT2D eigenvalue weighted by Crippen LogP contribution is -2.70. The largest absolute Gasteiger partial charge is 0.339 e. The van der Waals surface area contributed by atoms with Gasteiger partial charge in [-0.05, 0) is 62.6 Å². The van der Waals surface area contributed by atoms with Crippen LogP contribution in [0.4, 0.5) is 0 Å². The Morgan fingerprint density at radius 3 is 1.66 bits per heavy atom. The normalized spacial score (nSPS) is 14.3. The maximum absolute atomic E-state index is 5.33. The SMILES string of the molecule is c1ccc(-c2nc(-c3ccccc3)nc(-c3cc([Si]4(c5ccc(-c6cccnc6)cc5)c5ccccc5-c5nc6ccccc6n54)ccc3-c3cccnc3)n2)cc1. The predicted octanol–water partition coefficient (Wildman–Crippen LogP) is 8.84. The van der Waals surface area contributed by atoms with E-state index in [1.165, 1.54) is 15.6 Å². The number of benzene rings is 6. The quantitative estimate of drug-likeness (QED) is 0.151. The van der Waals surface area contributed by atoms with Crippen molar-refractivity contribution in [3.8, 4) is 67.8 Å². The third-order valence-electron chi connectivity index (χ3n) is 11.1. The summed E-state index contributed by atoms with van der Waals surface area (Å²) in [5, 5.41) is 3.70. The lowest BCUT2D eigenvalue weighted by molar-refractivity contribution is 1.07. The molecule has 0 amide bonds. The fourth-order valence-electron chi connectivity index (χ4n) is 8.49. The van der Waals surface area contributed by atoms with Gasteiger partial charge in [0.05, 0.1) is 11.0 Å². The molecule has 4 aromatic heterocycles. The lowest BCUT2D eigenvalue weighted by atomic mass is 10.0. The van der Waals surface area contributed by atoms with Gasteiger partial charge < -0.3 is 4.23 Å². The van der Waals surface area contributed by atoms with Crippen LogP contribution in [0.1, 0.15) is 0 Å². The average Bonchev–Trinajstić information content (AvgIpc) is 3.84. The topological polar surface area (TPSA) is 82.3 Å². The molecule has 5 heterocycles. The minimum absolute atomic E-state index is 0.589. The molecule has 6 aromatic carbocycles. The molecule has 7 nitrogen and oxygen atoms in total. The molecule has 1 unspecified atom stereocenters. The first-order valence-electron chi connectivity index (χ1n) is 19.3. The highest BCUT2D eigenvalue weighted by molar-refractivity contribution is 7.12. The monoisotopic (exact) mass is 759 g/mol. The van der Waals surface area contributed by atoms with Crippen LogP contribution in [0.5, 0.6) is 0 Å². The molecule has 0 N–H and O–H groups in total. The molecule has 10 aromatic rings. The van der Waals surface area contributed by atoms with Crippen molar-refractivity contribution in [2.45, 2.75) is 0 Å². The van der Waals surface area contributed by atoms with E-state index in [9.17, 15) is 0 Å². The summed E-state index contributed by atoms with van der Waals surface area (Å²) in [6.45, 7) is 0. The van der Waals surface area contributed by atoms with Gasteiger partial charge in [0, 0.05) is 52.6 Å². The summed E-state index contributed by atoms with van der Waals surface area (Å²) in [6.07, 6.45) is 7.44. The predicted molar refractivity (Wildman–Crippen MR) is 234 cm³/mol. The van der Waals surface area contributed by atoms with Crippen molar-refractivity contribution in [1.29, 1.82) is 0 Å². The van der Waals surface area contributed by atoms with Gasteiger partial charge in [-0.2, -0.15) is 0 Å². The summed E-state index contributed by atoms with van der Waals surface area (Å²) in [7, 11) is -3.15. The molecule has 11 rings (SSSR count). The van der Waals surface area contributed by atoms with E-state index < -0.39 is 8.24 Å². The second kappa shape index (κ2) is 13.8. The number of fused-ring (bicyclic) bond motifs is 5. The van der Waals surface area contributed by atoms with E-state index in [0.717, 1.165) is 61.4 Å². The van der Waals surface area contributed by atoms with Crippen molar-refractivity contribution in [1.82, 2.24) is 34.1 Å². The summed E-state index contributed by atoms with van der Waals surface area (Å²) in [6, 6.07) is 61.7. The molecule has 8 heteroatoms. The summed E-state index contributed by atoms with van der Waals surface area (Å²) in [5.74, 6) is 2.79. The van der Waals surface area contributed by atoms with Gasteiger partial charge in [0.2, 0.25) is 0 Å². The van der Waals surface area contributed by atoms with Crippen LogP contribution in [0.2, 0.25) is 0 Å². The fourth-order valence-corrected chi connectivity index (χ4v) is 13.5. The zero-order valence-corrected chi connectivity index (χ0v) is 32.2. The summed E-state index contributed by atoms with van der Waals surface area (Å²) in [5.41, 5.74) is 10.1. The first-order valence-corrected chi connectivity index (χ1v) is 21.2. The zero-order valence-electron chi connectivity index (χ0n) is 31.2. The number of para-hydroxylation sites is 2. The molecule has 0 saturated carbocycles. The lowest BCUT2D eigenvalue weighted by Gasteiger charge is -2.33. The second-order valence-corrected chi connectivity index (χ2v) is 17.9. The molecule has 0 radical (unpaired) electrons. The van der Waals surface area contributed by atoms with Crippen LogP contribution in [0, 0.1) is 0 Å². The van der Waals surface area contributed by atoms with Crippen LogP contribution in [0.15, 0.2) is 201 Å². The van der Waals surface area contributed by atoms with Gasteiger partial charge in [0.1, 0.15) is 5.82 Å². The van der Waals surface area contributed by atoms with Gasteiger partial charge >= 0.3 is 0 Å². The fraction of sp³-hybridized carbons (Fsp3) is 0. The number of imidazole rings is 1. The van der Waals surface area contributed by atoms with Gasteiger partial charge in [-0.15, -0.1) is 0 Å². The van der Waals surface area contributed by atoms with E-state index in [-0.39, 0.29) is 0 Å². The smallest absolute Gasteiger partial charge is 0.259 e. The van der Waals surface area contributed by atoms with Crippen molar-refractivity contribution in [2.24, 2.45) is 0 Å². The highest BCUT2D eigenvalue weighted by Crippen LogP contribution is 2.37. The molecular formula is C50H33N7Si. The maximum Gasteiger partial charge on any atom is 0.259 e. The van der Waals surface area contributed by atoms with Crippen LogP contribution < -0.4 is 15.6 Å². The van der Waals surface area contributed by atoms with E-state index in [1.54, 1.807) is 6.20 Å². The number of hydrogen-bond donors (Lipinski definition) is 0. The summed E-state index contributed by atoms with van der Waals surface area (Å²) in [4.78, 5) is 29.9. The number of rotatable bonds is 7. The first-order chi connectivity index (χ1) is 28.8. The van der Waals surface area contributed by atoms with Gasteiger partial charge in [-0.1, -0.05) is 146 Å². The summed E-state index contributed by atoms with van der Waals surface area (Å²) < 4.78 is 2.56. The van der Waals surface area contributed by atoms with Crippen molar-refractivity contribution < 1.29 is 0 Å². The highest BCUT2D eigenvalue weighted by atomic mass is 28.3. The Balaban J connectivity index is 1.23. The molecule has 0 aliphatic carbocycles. The van der Waals surface area contributed by atoms with E-state index in [0.29, 0.717) is 17.5 Å². The van der Waals surface area contributed by atoms with Gasteiger partial charge in [0.15, 0.2) is 17.5 Å². The third kappa shape index (κ3) is 5.42. The van der Waals surface area contributed by atoms with Crippen molar-refractivity contribution in [2.75, 3.05) is 0 Å². The molecule has 1 aliphatic heterocycles. The number of nitrogens with zero attached hydrogens (tertiary/aromatic N) is 7. The number of aromatic nitrogens is 7. The highest BCUT2D eigenvalue weighted by Gasteiger charge is 2.51. The van der Waals surface area contributed by atoms with Crippen LogP contribution in [-0.4, -0.2) is 42.4 Å². The van der Waals surface area contributed by atoms with Gasteiger partial charge in [-0.25, -0.2) is 19.9 Å². The van der Waals surface area contributed by atoms with E-state index in [4.69, 9.17) is 19.9 Å². The molecule has 1 atom stereocenters. The third-order valence-corrected chi connectivity index (χ3v) is 15.8. The molecule has 0 spiro atoms. The Hall–Kier alpha value is -7.68.